The normalized spacial score (nSPS) is 10.4. The number of amides is 1. The Morgan fingerprint density at radius 3 is 2.61 bits per heavy atom. The number of para-hydroxylation sites is 1. The molecule has 1 aromatic heterocycles. The molecule has 1 amide bonds. The summed E-state index contributed by atoms with van der Waals surface area (Å²) in [5.74, 6) is 0.165. The van der Waals surface area contributed by atoms with Crippen LogP contribution in [-0.2, 0) is 18.3 Å². The van der Waals surface area contributed by atoms with Gasteiger partial charge in [0.25, 0.3) is 0 Å². The van der Waals surface area contributed by atoms with E-state index in [-0.39, 0.29) is 12.3 Å². The van der Waals surface area contributed by atoms with Crippen molar-refractivity contribution in [2.45, 2.75) is 6.42 Å². The second-order valence-corrected chi connectivity index (χ2v) is 4.35. The number of aromatic nitrogens is 4. The first kappa shape index (κ1) is 12.8. The van der Waals surface area contributed by atoms with Crippen LogP contribution in [0.2, 0.25) is 10.0 Å². The van der Waals surface area contributed by atoms with E-state index >= 15 is 0 Å². The number of nitrogens with one attached hydrogen (secondary N) is 1. The molecule has 8 heteroatoms. The second kappa shape index (κ2) is 5.32. The molecule has 0 fully saturated rings. The lowest BCUT2D eigenvalue weighted by Gasteiger charge is -2.08. The molecule has 0 saturated heterocycles. The van der Waals surface area contributed by atoms with Crippen molar-refractivity contribution in [1.82, 2.24) is 20.2 Å². The van der Waals surface area contributed by atoms with Crippen molar-refractivity contribution < 1.29 is 4.79 Å². The quantitative estimate of drug-likeness (QED) is 0.932. The molecule has 0 unspecified atom stereocenters. The molecule has 6 nitrogen and oxygen atoms in total. The summed E-state index contributed by atoms with van der Waals surface area (Å²) in [5.41, 5.74) is 0.390. The van der Waals surface area contributed by atoms with Gasteiger partial charge in [-0.05, 0) is 22.6 Å². The average molecular weight is 286 g/mol. The van der Waals surface area contributed by atoms with Crippen molar-refractivity contribution in [1.29, 1.82) is 0 Å². The smallest absolute Gasteiger partial charge is 0.232 e. The van der Waals surface area contributed by atoms with E-state index in [1.165, 1.54) is 4.68 Å². The maximum Gasteiger partial charge on any atom is 0.232 e. The van der Waals surface area contributed by atoms with Gasteiger partial charge in [0, 0.05) is 7.05 Å². The van der Waals surface area contributed by atoms with Gasteiger partial charge in [0.1, 0.15) is 0 Å². The minimum absolute atomic E-state index is 0.0467. The van der Waals surface area contributed by atoms with E-state index in [0.717, 1.165) is 0 Å². The van der Waals surface area contributed by atoms with E-state index in [1.54, 1.807) is 25.2 Å². The Kier molecular flexibility index (Phi) is 3.78. The lowest BCUT2D eigenvalue weighted by molar-refractivity contribution is -0.115. The third-order valence-electron chi connectivity index (χ3n) is 2.25. The Balaban J connectivity index is 2.10. The van der Waals surface area contributed by atoms with Gasteiger partial charge in [-0.25, -0.2) is 4.68 Å². The molecule has 94 valence electrons. The standard InChI is InChI=1S/C10H9Cl2N5O/c1-17-8(14-15-16-17)5-9(18)13-10-6(11)3-2-4-7(10)12/h2-4H,5H2,1H3,(H,13,18). The monoisotopic (exact) mass is 285 g/mol. The molecule has 0 saturated carbocycles. The summed E-state index contributed by atoms with van der Waals surface area (Å²) in [6.45, 7) is 0. The average Bonchev–Trinajstić information content (AvgIpc) is 2.70. The summed E-state index contributed by atoms with van der Waals surface area (Å²) < 4.78 is 1.42. The molecule has 2 rings (SSSR count). The van der Waals surface area contributed by atoms with Gasteiger partial charge >= 0.3 is 0 Å². The fourth-order valence-corrected chi connectivity index (χ4v) is 1.83. The number of nitrogens with zero attached hydrogens (tertiary/aromatic N) is 4. The maximum atomic E-state index is 11.8. The zero-order chi connectivity index (χ0) is 13.1. The van der Waals surface area contributed by atoms with Gasteiger partial charge in [-0.3, -0.25) is 4.79 Å². The molecule has 0 spiro atoms. The van der Waals surface area contributed by atoms with E-state index in [2.05, 4.69) is 20.8 Å². The van der Waals surface area contributed by atoms with Gasteiger partial charge < -0.3 is 5.32 Å². The fourth-order valence-electron chi connectivity index (χ4n) is 1.34. The van der Waals surface area contributed by atoms with Crippen LogP contribution < -0.4 is 5.32 Å². The zero-order valence-corrected chi connectivity index (χ0v) is 10.9. The van der Waals surface area contributed by atoms with Crippen molar-refractivity contribution in [3.8, 4) is 0 Å². The minimum atomic E-state index is -0.289. The first-order valence-corrected chi connectivity index (χ1v) is 5.78. The lowest BCUT2D eigenvalue weighted by Crippen LogP contribution is -2.17. The summed E-state index contributed by atoms with van der Waals surface area (Å²) in [6.07, 6.45) is 0.0467. The van der Waals surface area contributed by atoms with Crippen LogP contribution in [0.1, 0.15) is 5.82 Å². The number of carbonyl (C=O) groups is 1. The molecule has 0 bridgehead atoms. The summed E-state index contributed by atoms with van der Waals surface area (Å²) >= 11 is 11.9. The van der Waals surface area contributed by atoms with Gasteiger partial charge in [0.2, 0.25) is 5.91 Å². The van der Waals surface area contributed by atoms with Crippen molar-refractivity contribution in [3.05, 3.63) is 34.1 Å². The molecule has 18 heavy (non-hydrogen) atoms. The van der Waals surface area contributed by atoms with Crippen molar-refractivity contribution in [3.63, 3.8) is 0 Å². The molecular weight excluding hydrogens is 277 g/mol. The molecule has 1 N–H and O–H groups in total. The molecule has 0 aliphatic carbocycles. The molecule has 0 aliphatic rings. The highest BCUT2D eigenvalue weighted by atomic mass is 35.5. The van der Waals surface area contributed by atoms with E-state index in [9.17, 15) is 4.79 Å². The number of aryl methyl sites for hydroxylation is 1. The van der Waals surface area contributed by atoms with E-state index in [4.69, 9.17) is 23.2 Å². The van der Waals surface area contributed by atoms with Crippen molar-refractivity contribution >= 4 is 34.8 Å². The molecule has 0 aliphatic heterocycles. The van der Waals surface area contributed by atoms with Crippen LogP contribution in [0, 0.1) is 0 Å². The van der Waals surface area contributed by atoms with Crippen molar-refractivity contribution in [2.24, 2.45) is 7.05 Å². The van der Waals surface area contributed by atoms with Crippen LogP contribution in [0.15, 0.2) is 18.2 Å². The molecule has 0 atom stereocenters. The van der Waals surface area contributed by atoms with Crippen LogP contribution >= 0.6 is 23.2 Å². The Morgan fingerprint density at radius 1 is 1.39 bits per heavy atom. The Hall–Kier alpha value is -1.66. The zero-order valence-electron chi connectivity index (χ0n) is 9.39. The largest absolute Gasteiger partial charge is 0.323 e. The van der Waals surface area contributed by atoms with Gasteiger partial charge in [-0.1, -0.05) is 29.3 Å². The second-order valence-electron chi connectivity index (χ2n) is 3.54. The highest BCUT2D eigenvalue weighted by Crippen LogP contribution is 2.29. The lowest BCUT2D eigenvalue weighted by atomic mass is 10.3. The summed E-state index contributed by atoms with van der Waals surface area (Å²) in [6, 6.07) is 4.99. The number of carbonyl (C=O) groups excluding carboxylic acids is 1. The van der Waals surface area contributed by atoms with Crippen LogP contribution in [0.25, 0.3) is 0 Å². The van der Waals surface area contributed by atoms with E-state index < -0.39 is 0 Å². The highest BCUT2D eigenvalue weighted by molar-refractivity contribution is 6.39. The maximum absolute atomic E-state index is 11.8. The third kappa shape index (κ3) is 2.77. The van der Waals surface area contributed by atoms with Gasteiger partial charge in [-0.2, -0.15) is 0 Å². The predicted octanol–water partition coefficient (Wildman–Crippen LogP) is 1.70. The number of anilines is 1. The number of hydrogen-bond donors (Lipinski definition) is 1. The number of halogens is 2. The Labute approximate surface area is 113 Å². The predicted molar refractivity (Wildman–Crippen MR) is 67.6 cm³/mol. The number of rotatable bonds is 3. The molecule has 2 aromatic rings. The van der Waals surface area contributed by atoms with E-state index in [0.29, 0.717) is 21.6 Å². The van der Waals surface area contributed by atoms with Gasteiger partial charge in [0.15, 0.2) is 5.82 Å². The minimum Gasteiger partial charge on any atom is -0.323 e. The molecule has 1 aromatic carbocycles. The van der Waals surface area contributed by atoms with E-state index in [1.807, 2.05) is 0 Å². The fraction of sp³-hybridized carbons (Fsp3) is 0.200. The SMILES string of the molecule is Cn1nnnc1CC(=O)Nc1c(Cl)cccc1Cl. The van der Waals surface area contributed by atoms with Crippen LogP contribution in [0.5, 0.6) is 0 Å². The molecule has 1 heterocycles. The van der Waals surface area contributed by atoms with Crippen molar-refractivity contribution in [2.75, 3.05) is 5.32 Å². The first-order chi connectivity index (χ1) is 8.58. The Morgan fingerprint density at radius 2 is 2.06 bits per heavy atom. The molecular formula is C10H9Cl2N5O. The number of hydrogen-bond acceptors (Lipinski definition) is 4. The number of benzene rings is 1. The summed E-state index contributed by atoms with van der Waals surface area (Å²) in [7, 11) is 1.66. The van der Waals surface area contributed by atoms with Crippen LogP contribution in [0.3, 0.4) is 0 Å². The Bertz CT molecular complexity index is 563. The van der Waals surface area contributed by atoms with Crippen LogP contribution in [-0.4, -0.2) is 26.1 Å². The third-order valence-corrected chi connectivity index (χ3v) is 2.88. The summed E-state index contributed by atoms with van der Waals surface area (Å²) in [5, 5.41) is 14.2. The highest BCUT2D eigenvalue weighted by Gasteiger charge is 2.12. The van der Waals surface area contributed by atoms with Crippen LogP contribution in [0.4, 0.5) is 5.69 Å². The van der Waals surface area contributed by atoms with Gasteiger partial charge in [0.05, 0.1) is 22.2 Å². The topological polar surface area (TPSA) is 72.7 Å². The first-order valence-electron chi connectivity index (χ1n) is 5.03. The van der Waals surface area contributed by atoms with Gasteiger partial charge in [-0.15, -0.1) is 5.10 Å². The number of tetrazole rings is 1. The summed E-state index contributed by atoms with van der Waals surface area (Å²) in [4.78, 5) is 11.8. The molecule has 0 radical (unpaired) electrons.